The molecule has 2 aromatic carbocycles. The molecule has 0 saturated carbocycles. The summed E-state index contributed by atoms with van der Waals surface area (Å²) in [6, 6.07) is 17.0. The van der Waals surface area contributed by atoms with Gasteiger partial charge in [-0.2, -0.15) is 0 Å². The van der Waals surface area contributed by atoms with Gasteiger partial charge < -0.3 is 9.47 Å². The van der Waals surface area contributed by atoms with Gasteiger partial charge in [-0.15, -0.1) is 0 Å². The molecule has 2 rings (SSSR count). The van der Waals surface area contributed by atoms with E-state index in [0.29, 0.717) is 0 Å². The molecule has 0 aliphatic carbocycles. The SMILES string of the molecule is COc1cc(CCCCCCCCCCc2ccccc2)cc(OC)c1. The van der Waals surface area contributed by atoms with E-state index in [0.717, 1.165) is 17.9 Å². The lowest BCUT2D eigenvalue weighted by molar-refractivity contribution is 0.393. The Bertz CT molecular complexity index is 585. The van der Waals surface area contributed by atoms with Gasteiger partial charge in [0.25, 0.3) is 0 Å². The third-order valence-corrected chi connectivity index (χ3v) is 4.93. The van der Waals surface area contributed by atoms with Crippen molar-refractivity contribution < 1.29 is 9.47 Å². The first-order valence-corrected chi connectivity index (χ1v) is 10.1. The van der Waals surface area contributed by atoms with Gasteiger partial charge >= 0.3 is 0 Å². The molecule has 0 saturated heterocycles. The van der Waals surface area contributed by atoms with Crippen LogP contribution in [-0.4, -0.2) is 14.2 Å². The fourth-order valence-electron chi connectivity index (χ4n) is 3.37. The maximum Gasteiger partial charge on any atom is 0.122 e. The van der Waals surface area contributed by atoms with Crippen molar-refractivity contribution in [2.24, 2.45) is 0 Å². The summed E-state index contributed by atoms with van der Waals surface area (Å²) in [4.78, 5) is 0. The van der Waals surface area contributed by atoms with E-state index in [-0.39, 0.29) is 0 Å². The quantitative estimate of drug-likeness (QED) is 0.377. The molecule has 0 N–H and O–H groups in total. The summed E-state index contributed by atoms with van der Waals surface area (Å²) in [5.74, 6) is 1.77. The molecule has 0 aliphatic heterocycles. The van der Waals surface area contributed by atoms with Crippen LogP contribution < -0.4 is 9.47 Å². The lowest BCUT2D eigenvalue weighted by atomic mass is 10.0. The van der Waals surface area contributed by atoms with Crippen LogP contribution in [0.4, 0.5) is 0 Å². The molecule has 2 aromatic rings. The van der Waals surface area contributed by atoms with Crippen molar-refractivity contribution in [1.82, 2.24) is 0 Å². The second-order valence-electron chi connectivity index (χ2n) is 7.03. The van der Waals surface area contributed by atoms with Crippen molar-refractivity contribution in [3.8, 4) is 11.5 Å². The van der Waals surface area contributed by atoms with Gasteiger partial charge in [-0.05, 0) is 48.9 Å². The second kappa shape index (κ2) is 12.4. The largest absolute Gasteiger partial charge is 0.497 e. The van der Waals surface area contributed by atoms with Crippen molar-refractivity contribution in [3.05, 3.63) is 59.7 Å². The highest BCUT2D eigenvalue weighted by Crippen LogP contribution is 2.24. The van der Waals surface area contributed by atoms with E-state index in [1.165, 1.54) is 68.9 Å². The average molecular weight is 355 g/mol. The van der Waals surface area contributed by atoms with E-state index < -0.39 is 0 Å². The van der Waals surface area contributed by atoms with Gasteiger partial charge in [-0.25, -0.2) is 0 Å². The fourth-order valence-corrected chi connectivity index (χ4v) is 3.37. The third kappa shape index (κ3) is 7.95. The Hall–Kier alpha value is -1.96. The summed E-state index contributed by atoms with van der Waals surface area (Å²) < 4.78 is 10.7. The summed E-state index contributed by atoms with van der Waals surface area (Å²) >= 11 is 0. The zero-order valence-corrected chi connectivity index (χ0v) is 16.5. The van der Waals surface area contributed by atoms with Crippen LogP contribution in [0.1, 0.15) is 62.5 Å². The van der Waals surface area contributed by atoms with Crippen LogP contribution in [0.2, 0.25) is 0 Å². The summed E-state index contributed by atoms with van der Waals surface area (Å²) in [6.45, 7) is 0. The molecule has 0 amide bonds. The van der Waals surface area contributed by atoms with E-state index in [9.17, 15) is 0 Å². The Morgan fingerprint density at radius 3 is 1.50 bits per heavy atom. The van der Waals surface area contributed by atoms with Crippen molar-refractivity contribution in [3.63, 3.8) is 0 Å². The fraction of sp³-hybridized carbons (Fsp3) is 0.500. The van der Waals surface area contributed by atoms with Crippen LogP contribution in [-0.2, 0) is 12.8 Å². The van der Waals surface area contributed by atoms with Crippen LogP contribution in [0, 0.1) is 0 Å². The minimum atomic E-state index is 0.884. The average Bonchev–Trinajstić information content (AvgIpc) is 2.69. The summed E-state index contributed by atoms with van der Waals surface area (Å²) in [7, 11) is 3.41. The minimum Gasteiger partial charge on any atom is -0.497 e. The summed E-state index contributed by atoms with van der Waals surface area (Å²) in [5.41, 5.74) is 2.78. The van der Waals surface area contributed by atoms with Gasteiger partial charge in [0.1, 0.15) is 11.5 Å². The topological polar surface area (TPSA) is 18.5 Å². The maximum atomic E-state index is 5.34. The Morgan fingerprint density at radius 2 is 1.00 bits per heavy atom. The molecular formula is C24H34O2. The van der Waals surface area contributed by atoms with Crippen molar-refractivity contribution in [2.75, 3.05) is 14.2 Å². The van der Waals surface area contributed by atoms with Crippen LogP contribution >= 0.6 is 0 Å². The van der Waals surface area contributed by atoms with E-state index >= 15 is 0 Å². The Morgan fingerprint density at radius 1 is 0.538 bits per heavy atom. The highest BCUT2D eigenvalue weighted by Gasteiger charge is 2.02. The van der Waals surface area contributed by atoms with E-state index in [1.807, 2.05) is 6.07 Å². The van der Waals surface area contributed by atoms with Crippen LogP contribution in [0.5, 0.6) is 11.5 Å². The molecule has 2 heteroatoms. The molecule has 0 unspecified atom stereocenters. The molecule has 0 atom stereocenters. The first kappa shape index (κ1) is 20.4. The van der Waals surface area contributed by atoms with Crippen LogP contribution in [0.3, 0.4) is 0 Å². The molecule has 0 spiro atoms. The number of aryl methyl sites for hydroxylation is 2. The van der Waals surface area contributed by atoms with E-state index in [1.54, 1.807) is 14.2 Å². The number of hydrogen-bond donors (Lipinski definition) is 0. The zero-order chi connectivity index (χ0) is 18.5. The minimum absolute atomic E-state index is 0.884. The smallest absolute Gasteiger partial charge is 0.122 e. The normalized spacial score (nSPS) is 10.7. The monoisotopic (exact) mass is 354 g/mol. The van der Waals surface area contributed by atoms with Gasteiger partial charge in [-0.3, -0.25) is 0 Å². The number of methoxy groups -OCH3 is 2. The van der Waals surface area contributed by atoms with Crippen molar-refractivity contribution in [1.29, 1.82) is 0 Å². The third-order valence-electron chi connectivity index (χ3n) is 4.93. The number of hydrogen-bond acceptors (Lipinski definition) is 2. The van der Waals surface area contributed by atoms with E-state index in [4.69, 9.17) is 9.47 Å². The lowest BCUT2D eigenvalue weighted by Crippen LogP contribution is -1.92. The van der Waals surface area contributed by atoms with Gasteiger partial charge in [-0.1, -0.05) is 68.9 Å². The predicted octanol–water partition coefficient (Wildman–Crippen LogP) is 6.61. The van der Waals surface area contributed by atoms with E-state index in [2.05, 4.69) is 42.5 Å². The summed E-state index contributed by atoms with van der Waals surface area (Å²) in [5, 5.41) is 0. The predicted molar refractivity (Wildman–Crippen MR) is 110 cm³/mol. The Balaban J connectivity index is 1.48. The molecule has 0 aliphatic rings. The van der Waals surface area contributed by atoms with Gasteiger partial charge in [0.15, 0.2) is 0 Å². The first-order valence-electron chi connectivity index (χ1n) is 10.1. The number of benzene rings is 2. The summed E-state index contributed by atoms with van der Waals surface area (Å²) in [6.07, 6.45) is 13.0. The van der Waals surface area contributed by atoms with Gasteiger partial charge in [0, 0.05) is 6.07 Å². The van der Waals surface area contributed by atoms with Crippen LogP contribution in [0.25, 0.3) is 0 Å². The van der Waals surface area contributed by atoms with Gasteiger partial charge in [0.2, 0.25) is 0 Å². The van der Waals surface area contributed by atoms with Crippen LogP contribution in [0.15, 0.2) is 48.5 Å². The molecule has 0 heterocycles. The maximum absolute atomic E-state index is 5.34. The highest BCUT2D eigenvalue weighted by molar-refractivity contribution is 5.38. The molecule has 26 heavy (non-hydrogen) atoms. The van der Waals surface area contributed by atoms with Crippen molar-refractivity contribution in [2.45, 2.75) is 64.2 Å². The first-order chi connectivity index (χ1) is 12.8. The zero-order valence-electron chi connectivity index (χ0n) is 16.5. The number of ether oxygens (including phenoxy) is 2. The van der Waals surface area contributed by atoms with Gasteiger partial charge in [0.05, 0.1) is 14.2 Å². The molecule has 0 fully saturated rings. The standard InChI is InChI=1S/C24H34O2/c1-25-23-18-22(19-24(20-23)26-2)17-11-8-6-4-3-5-7-10-14-21-15-12-9-13-16-21/h9,12-13,15-16,18-20H,3-8,10-11,14,17H2,1-2H3. The number of rotatable bonds is 13. The highest BCUT2D eigenvalue weighted by atomic mass is 16.5. The number of unbranched alkanes of at least 4 members (excludes halogenated alkanes) is 7. The Kier molecular flexibility index (Phi) is 9.71. The molecule has 142 valence electrons. The molecule has 2 nitrogen and oxygen atoms in total. The molecular weight excluding hydrogens is 320 g/mol. The van der Waals surface area contributed by atoms with Crippen molar-refractivity contribution >= 4 is 0 Å². The second-order valence-corrected chi connectivity index (χ2v) is 7.03. The Labute approximate surface area is 159 Å². The molecule has 0 radical (unpaired) electrons. The lowest BCUT2D eigenvalue weighted by Gasteiger charge is -2.08. The molecule has 0 bridgehead atoms. The molecule has 0 aromatic heterocycles.